The third-order valence-electron chi connectivity index (χ3n) is 1.83. The fourth-order valence-corrected chi connectivity index (χ4v) is 1.07. The third-order valence-corrected chi connectivity index (χ3v) is 1.83. The Morgan fingerprint density at radius 1 is 1.27 bits per heavy atom. The van der Waals surface area contributed by atoms with Crippen molar-refractivity contribution in [3.63, 3.8) is 0 Å². The minimum Gasteiger partial charge on any atom is -0.0995 e. The van der Waals surface area contributed by atoms with Crippen molar-refractivity contribution in [1.29, 1.82) is 0 Å². The molecule has 15 heavy (non-hydrogen) atoms. The van der Waals surface area contributed by atoms with Crippen LogP contribution in [0.1, 0.15) is 53.9 Å². The molecular weight excluding hydrogens is 219 g/mol. The second-order valence-electron chi connectivity index (χ2n) is 2.74. The molecule has 0 aromatic carbocycles. The molecule has 0 heterocycles. The molecule has 0 aromatic rings. The molecule has 1 radical (unpaired) electrons. The topological polar surface area (TPSA) is 0 Å². The van der Waals surface area contributed by atoms with Gasteiger partial charge in [-0.3, -0.25) is 0 Å². The van der Waals surface area contributed by atoms with Gasteiger partial charge >= 0.3 is 0 Å². The minimum atomic E-state index is 0. The molecule has 0 amide bonds. The average Bonchev–Trinajstić information content (AvgIpc) is 2.76. The summed E-state index contributed by atoms with van der Waals surface area (Å²) in [6.07, 6.45) is 9.86. The van der Waals surface area contributed by atoms with Crippen LogP contribution in [0.4, 0.5) is 0 Å². The Morgan fingerprint density at radius 3 is 2.13 bits per heavy atom. The molecular formula is C14H26V. The zero-order chi connectivity index (χ0) is 11.4. The summed E-state index contributed by atoms with van der Waals surface area (Å²) in [4.78, 5) is 0. The maximum absolute atomic E-state index is 3.97. The van der Waals surface area contributed by atoms with Crippen molar-refractivity contribution in [2.24, 2.45) is 0 Å². The van der Waals surface area contributed by atoms with Crippen LogP contribution in [0.2, 0.25) is 0 Å². The molecule has 0 fully saturated rings. The van der Waals surface area contributed by atoms with Crippen LogP contribution in [0.25, 0.3) is 0 Å². The van der Waals surface area contributed by atoms with Gasteiger partial charge in [0.15, 0.2) is 0 Å². The van der Waals surface area contributed by atoms with E-state index in [1.54, 1.807) is 0 Å². The van der Waals surface area contributed by atoms with Gasteiger partial charge in [0.25, 0.3) is 0 Å². The maximum atomic E-state index is 3.97. The Kier molecular flexibility index (Phi) is 21.9. The molecule has 0 aliphatic heterocycles. The van der Waals surface area contributed by atoms with E-state index in [2.05, 4.69) is 31.7 Å². The fourth-order valence-electron chi connectivity index (χ4n) is 1.07. The summed E-state index contributed by atoms with van der Waals surface area (Å²) in [5.41, 5.74) is 2.85. The summed E-state index contributed by atoms with van der Waals surface area (Å²) in [5, 5.41) is 0. The number of hydrogen-bond acceptors (Lipinski definition) is 0. The minimum absolute atomic E-state index is 0. The van der Waals surface area contributed by atoms with Gasteiger partial charge in [-0.05, 0) is 19.3 Å². The van der Waals surface area contributed by atoms with E-state index >= 15 is 0 Å². The molecule has 0 saturated carbocycles. The molecule has 1 rings (SSSR count). The first-order valence-corrected chi connectivity index (χ1v) is 5.84. The molecule has 1 aliphatic carbocycles. The monoisotopic (exact) mass is 245 g/mol. The van der Waals surface area contributed by atoms with Crippen LogP contribution in [0, 0.1) is 0 Å². The summed E-state index contributed by atoms with van der Waals surface area (Å²) in [5.74, 6) is 0. The Labute approximate surface area is 108 Å². The molecule has 87 valence electrons. The summed E-state index contributed by atoms with van der Waals surface area (Å²) in [7, 11) is 0. The SMILES string of the molecule is C=C(CC)CC1=CC=CC1.CC.CC.[V]. The number of rotatable bonds is 3. The van der Waals surface area contributed by atoms with Crippen molar-refractivity contribution in [3.05, 3.63) is 36.0 Å². The zero-order valence-electron chi connectivity index (χ0n) is 11.0. The second-order valence-corrected chi connectivity index (χ2v) is 2.74. The van der Waals surface area contributed by atoms with Gasteiger partial charge in [0, 0.05) is 18.6 Å². The van der Waals surface area contributed by atoms with Gasteiger partial charge in [0.2, 0.25) is 0 Å². The van der Waals surface area contributed by atoms with E-state index in [1.165, 1.54) is 11.1 Å². The average molecular weight is 245 g/mol. The first-order chi connectivity index (χ1) is 6.83. The van der Waals surface area contributed by atoms with Crippen LogP contribution in [-0.4, -0.2) is 0 Å². The van der Waals surface area contributed by atoms with Crippen molar-refractivity contribution in [2.75, 3.05) is 0 Å². The molecule has 0 N–H and O–H groups in total. The predicted octanol–water partition coefficient (Wildman–Crippen LogP) is 5.28. The first kappa shape index (κ1) is 20.2. The van der Waals surface area contributed by atoms with Crippen molar-refractivity contribution in [1.82, 2.24) is 0 Å². The molecule has 0 bridgehead atoms. The standard InChI is InChI=1S/C10H14.2C2H6.V/c1-3-9(2)8-10-6-4-5-7-10;2*1-2;/h4-6H,2-3,7-8H2,1H3;2*1-2H3;. The summed E-state index contributed by atoms with van der Waals surface area (Å²) < 4.78 is 0. The summed E-state index contributed by atoms with van der Waals surface area (Å²) in [6, 6.07) is 0. The molecule has 0 saturated heterocycles. The molecule has 0 spiro atoms. The van der Waals surface area contributed by atoms with E-state index in [0.717, 1.165) is 19.3 Å². The van der Waals surface area contributed by atoms with Crippen molar-refractivity contribution in [2.45, 2.75) is 53.9 Å². The van der Waals surface area contributed by atoms with Gasteiger partial charge in [-0.25, -0.2) is 0 Å². The normalized spacial score (nSPS) is 11.1. The van der Waals surface area contributed by atoms with Crippen LogP contribution in [0.3, 0.4) is 0 Å². The molecule has 0 aromatic heterocycles. The van der Waals surface area contributed by atoms with E-state index in [1.807, 2.05) is 27.7 Å². The van der Waals surface area contributed by atoms with Crippen LogP contribution in [-0.2, 0) is 18.6 Å². The third kappa shape index (κ3) is 11.7. The fraction of sp³-hybridized carbons (Fsp3) is 0.571. The van der Waals surface area contributed by atoms with Gasteiger partial charge in [0.1, 0.15) is 0 Å². The van der Waals surface area contributed by atoms with Gasteiger partial charge in [-0.15, -0.1) is 0 Å². The van der Waals surface area contributed by atoms with Crippen molar-refractivity contribution in [3.8, 4) is 0 Å². The van der Waals surface area contributed by atoms with Crippen molar-refractivity contribution >= 4 is 0 Å². The first-order valence-electron chi connectivity index (χ1n) is 5.84. The van der Waals surface area contributed by atoms with Gasteiger partial charge < -0.3 is 0 Å². The molecule has 0 nitrogen and oxygen atoms in total. The Morgan fingerprint density at radius 2 is 1.80 bits per heavy atom. The second kappa shape index (κ2) is 16.2. The quantitative estimate of drug-likeness (QED) is 0.593. The van der Waals surface area contributed by atoms with E-state index < -0.39 is 0 Å². The number of hydrogen-bond donors (Lipinski definition) is 0. The van der Waals surface area contributed by atoms with Gasteiger partial charge in [-0.1, -0.05) is 70.6 Å². The van der Waals surface area contributed by atoms with E-state index in [-0.39, 0.29) is 18.6 Å². The summed E-state index contributed by atoms with van der Waals surface area (Å²) >= 11 is 0. The van der Waals surface area contributed by atoms with Gasteiger partial charge in [-0.2, -0.15) is 0 Å². The Balaban J connectivity index is -0.000000258. The maximum Gasteiger partial charge on any atom is 0 e. The van der Waals surface area contributed by atoms with E-state index in [9.17, 15) is 0 Å². The zero-order valence-corrected chi connectivity index (χ0v) is 12.4. The molecule has 0 unspecified atom stereocenters. The molecule has 0 atom stereocenters. The molecule has 1 heteroatoms. The summed E-state index contributed by atoms with van der Waals surface area (Å²) in [6.45, 7) is 14.1. The van der Waals surface area contributed by atoms with Crippen LogP contribution >= 0.6 is 0 Å². The van der Waals surface area contributed by atoms with E-state index in [4.69, 9.17) is 0 Å². The Hall–Kier alpha value is -0.196. The largest absolute Gasteiger partial charge is 0.0995 e. The number of allylic oxidation sites excluding steroid dienone is 5. The van der Waals surface area contributed by atoms with Crippen LogP contribution in [0.15, 0.2) is 36.0 Å². The van der Waals surface area contributed by atoms with E-state index in [0.29, 0.717) is 0 Å². The van der Waals surface area contributed by atoms with Crippen LogP contribution < -0.4 is 0 Å². The van der Waals surface area contributed by atoms with Crippen molar-refractivity contribution < 1.29 is 18.6 Å². The molecule has 1 aliphatic rings. The van der Waals surface area contributed by atoms with Gasteiger partial charge in [0.05, 0.1) is 0 Å². The predicted molar refractivity (Wildman–Crippen MR) is 68.6 cm³/mol. The van der Waals surface area contributed by atoms with Crippen LogP contribution in [0.5, 0.6) is 0 Å². The Bertz CT molecular complexity index is 188. The smallest absolute Gasteiger partial charge is 0 e.